The highest BCUT2D eigenvalue weighted by atomic mass is 16.5. The number of methoxy groups -OCH3 is 1. The Balaban J connectivity index is 1.53. The first kappa shape index (κ1) is 19.1. The van der Waals surface area contributed by atoms with Gasteiger partial charge in [-0.15, -0.1) is 0 Å². The lowest BCUT2D eigenvalue weighted by atomic mass is 9.76. The average Bonchev–Trinajstić information content (AvgIpc) is 3.32. The van der Waals surface area contributed by atoms with E-state index in [4.69, 9.17) is 14.2 Å². The van der Waals surface area contributed by atoms with Gasteiger partial charge in [-0.3, -0.25) is 9.48 Å². The van der Waals surface area contributed by atoms with E-state index in [2.05, 4.69) is 10.3 Å². The minimum atomic E-state index is -0.310. The molecule has 1 amide bonds. The van der Waals surface area contributed by atoms with Crippen LogP contribution < -0.4 is 0 Å². The number of ether oxygens (including phenoxy) is 1. The van der Waals surface area contributed by atoms with Crippen LogP contribution >= 0.6 is 0 Å². The van der Waals surface area contributed by atoms with Crippen molar-refractivity contribution >= 4 is 5.91 Å². The lowest BCUT2D eigenvalue weighted by Crippen LogP contribution is -2.50. The van der Waals surface area contributed by atoms with Crippen molar-refractivity contribution in [3.63, 3.8) is 0 Å². The Morgan fingerprint density at radius 1 is 1.39 bits per heavy atom. The van der Waals surface area contributed by atoms with E-state index in [0.717, 1.165) is 61.8 Å². The van der Waals surface area contributed by atoms with Crippen molar-refractivity contribution in [3.8, 4) is 0 Å². The lowest BCUT2D eigenvalue weighted by Gasteiger charge is -2.41. The normalized spacial score (nSPS) is 22.6. The fourth-order valence-corrected chi connectivity index (χ4v) is 4.15. The molecule has 1 saturated heterocycles. The van der Waals surface area contributed by atoms with E-state index in [1.165, 1.54) is 0 Å². The highest BCUT2D eigenvalue weighted by Crippen LogP contribution is 2.41. The summed E-state index contributed by atoms with van der Waals surface area (Å²) in [5, 5.41) is 8.75. The maximum atomic E-state index is 13.0. The predicted octanol–water partition coefficient (Wildman–Crippen LogP) is 2.36. The van der Waals surface area contributed by atoms with Crippen molar-refractivity contribution < 1.29 is 14.1 Å². The van der Waals surface area contributed by atoms with E-state index in [1.54, 1.807) is 11.8 Å². The van der Waals surface area contributed by atoms with Gasteiger partial charge in [-0.1, -0.05) is 5.16 Å². The van der Waals surface area contributed by atoms with Crippen LogP contribution in [0.4, 0.5) is 0 Å². The van der Waals surface area contributed by atoms with E-state index in [9.17, 15) is 4.79 Å². The number of rotatable bonds is 7. The number of nitrogens with zero attached hydrogens (tertiary/aromatic N) is 5. The van der Waals surface area contributed by atoms with E-state index < -0.39 is 0 Å². The molecule has 1 unspecified atom stereocenters. The Morgan fingerprint density at radius 3 is 2.89 bits per heavy atom. The first-order valence-corrected chi connectivity index (χ1v) is 10.1. The van der Waals surface area contributed by atoms with E-state index in [-0.39, 0.29) is 17.9 Å². The molecule has 1 saturated carbocycles. The van der Waals surface area contributed by atoms with Crippen LogP contribution in [0.2, 0.25) is 0 Å². The molecule has 2 aromatic heterocycles. The molecule has 152 valence electrons. The third-order valence-electron chi connectivity index (χ3n) is 5.95. The van der Waals surface area contributed by atoms with Crippen molar-refractivity contribution in [2.24, 2.45) is 0 Å². The highest BCUT2D eigenvalue weighted by molar-refractivity contribution is 5.76. The molecule has 8 heteroatoms. The number of hydrogen-bond donors (Lipinski definition) is 0. The number of aromatic nitrogens is 4. The van der Waals surface area contributed by atoms with Crippen molar-refractivity contribution in [2.45, 2.75) is 63.8 Å². The molecule has 8 nitrogen and oxygen atoms in total. The number of carbonyl (C=O) groups is 1. The highest BCUT2D eigenvalue weighted by Gasteiger charge is 2.43. The number of carbonyl (C=O) groups excluding carboxylic acids is 1. The summed E-state index contributed by atoms with van der Waals surface area (Å²) in [5.41, 5.74) is 1.62. The summed E-state index contributed by atoms with van der Waals surface area (Å²) >= 11 is 0. The molecule has 0 spiro atoms. The van der Waals surface area contributed by atoms with Crippen LogP contribution in [0.3, 0.4) is 0 Å². The Bertz CT molecular complexity index is 841. The van der Waals surface area contributed by atoms with E-state index in [1.807, 2.05) is 24.8 Å². The van der Waals surface area contributed by atoms with E-state index >= 15 is 0 Å². The summed E-state index contributed by atoms with van der Waals surface area (Å²) in [6.45, 7) is 6.13. The summed E-state index contributed by atoms with van der Waals surface area (Å²) in [6.07, 6.45) is 4.88. The van der Waals surface area contributed by atoms with Crippen LogP contribution in [0.25, 0.3) is 0 Å². The molecule has 0 radical (unpaired) electrons. The molecule has 4 rings (SSSR count). The van der Waals surface area contributed by atoms with Crippen LogP contribution in [0.15, 0.2) is 10.6 Å². The fourth-order valence-electron chi connectivity index (χ4n) is 4.15. The maximum absolute atomic E-state index is 13.0. The molecule has 2 aromatic rings. The first-order valence-electron chi connectivity index (χ1n) is 10.1. The first-order chi connectivity index (χ1) is 13.5. The summed E-state index contributed by atoms with van der Waals surface area (Å²) in [5.74, 6) is 1.99. The molecule has 1 atom stereocenters. The molecule has 2 fully saturated rings. The minimum absolute atomic E-state index is 0.0820. The smallest absolute Gasteiger partial charge is 0.244 e. The fraction of sp³-hybridized carbons (Fsp3) is 0.700. The zero-order chi connectivity index (χ0) is 19.7. The monoisotopic (exact) mass is 387 g/mol. The zero-order valence-electron chi connectivity index (χ0n) is 17.0. The predicted molar refractivity (Wildman–Crippen MR) is 102 cm³/mol. The van der Waals surface area contributed by atoms with Gasteiger partial charge in [-0.05, 0) is 52.0 Å². The van der Waals surface area contributed by atoms with Gasteiger partial charge in [0, 0.05) is 38.4 Å². The largest absolute Gasteiger partial charge is 0.385 e. The van der Waals surface area contributed by atoms with Crippen molar-refractivity contribution in [2.75, 3.05) is 26.8 Å². The van der Waals surface area contributed by atoms with Gasteiger partial charge in [0.1, 0.15) is 6.54 Å². The SMILES string of the molecule is COCCC1(c2noc(C3CC3)n2)CCCN(C(=O)Cn2nc(C)cc2C)C1. The summed E-state index contributed by atoms with van der Waals surface area (Å²) < 4.78 is 12.7. The van der Waals surface area contributed by atoms with Gasteiger partial charge in [0.05, 0.1) is 11.1 Å². The number of likely N-dealkylation sites (tertiary alicyclic amines) is 1. The standard InChI is InChI=1S/C20H29N5O3/c1-14-11-15(2)25(22-14)12-17(26)24-9-4-7-20(13-24,8-10-27-3)19-21-18(28-23-19)16-5-6-16/h11,16H,4-10,12-13H2,1-3H3. The van der Waals surface area contributed by atoms with Crippen LogP contribution in [-0.4, -0.2) is 57.5 Å². The second-order valence-corrected chi connectivity index (χ2v) is 8.26. The van der Waals surface area contributed by atoms with Crippen molar-refractivity contribution in [1.82, 2.24) is 24.8 Å². The van der Waals surface area contributed by atoms with Crippen LogP contribution in [-0.2, 0) is 21.5 Å². The number of aryl methyl sites for hydroxylation is 2. The van der Waals surface area contributed by atoms with Gasteiger partial charge in [-0.2, -0.15) is 10.1 Å². The third kappa shape index (κ3) is 3.83. The Kier molecular flexibility index (Phi) is 5.23. The number of amides is 1. The quantitative estimate of drug-likeness (QED) is 0.725. The zero-order valence-corrected chi connectivity index (χ0v) is 17.0. The Morgan fingerprint density at radius 2 is 2.21 bits per heavy atom. The van der Waals surface area contributed by atoms with Gasteiger partial charge in [0.25, 0.3) is 0 Å². The van der Waals surface area contributed by atoms with Crippen LogP contribution in [0.5, 0.6) is 0 Å². The molecule has 1 aliphatic carbocycles. The van der Waals surface area contributed by atoms with E-state index in [0.29, 0.717) is 19.1 Å². The molecule has 0 bridgehead atoms. The van der Waals surface area contributed by atoms with Gasteiger partial charge in [-0.25, -0.2) is 0 Å². The molecule has 0 aromatic carbocycles. The maximum Gasteiger partial charge on any atom is 0.244 e. The Hall–Kier alpha value is -2.22. The van der Waals surface area contributed by atoms with Gasteiger partial charge < -0.3 is 14.2 Å². The average molecular weight is 387 g/mol. The summed E-state index contributed by atoms with van der Waals surface area (Å²) in [4.78, 5) is 19.7. The molecular formula is C20H29N5O3. The molecular weight excluding hydrogens is 358 g/mol. The van der Waals surface area contributed by atoms with Gasteiger partial charge >= 0.3 is 0 Å². The lowest BCUT2D eigenvalue weighted by molar-refractivity contribution is -0.134. The van der Waals surface area contributed by atoms with Crippen molar-refractivity contribution in [3.05, 3.63) is 29.2 Å². The van der Waals surface area contributed by atoms with Crippen molar-refractivity contribution in [1.29, 1.82) is 0 Å². The summed E-state index contributed by atoms with van der Waals surface area (Å²) in [7, 11) is 1.70. The van der Waals surface area contributed by atoms with Gasteiger partial charge in [0.15, 0.2) is 5.82 Å². The Labute approximate surface area is 165 Å². The molecule has 1 aliphatic heterocycles. The number of piperidine rings is 1. The van der Waals surface area contributed by atoms with Gasteiger partial charge in [0.2, 0.25) is 11.8 Å². The van der Waals surface area contributed by atoms with Crippen LogP contribution in [0.1, 0.15) is 61.1 Å². The molecule has 0 N–H and O–H groups in total. The summed E-state index contributed by atoms with van der Waals surface area (Å²) in [6, 6.07) is 1.99. The van der Waals surface area contributed by atoms with Crippen LogP contribution in [0, 0.1) is 13.8 Å². The topological polar surface area (TPSA) is 86.3 Å². The molecule has 2 aliphatic rings. The second kappa shape index (κ2) is 7.66. The third-order valence-corrected chi connectivity index (χ3v) is 5.95. The second-order valence-electron chi connectivity index (χ2n) is 8.26. The molecule has 28 heavy (non-hydrogen) atoms. The number of hydrogen-bond acceptors (Lipinski definition) is 6. The minimum Gasteiger partial charge on any atom is -0.385 e. The molecule has 3 heterocycles.